The van der Waals surface area contributed by atoms with Crippen molar-refractivity contribution in [3.63, 3.8) is 0 Å². The first kappa shape index (κ1) is 17.1. The molecule has 2 aromatic heterocycles. The minimum atomic E-state index is -0.151. The maximum atomic E-state index is 5.48. The van der Waals surface area contributed by atoms with Crippen molar-refractivity contribution in [3.05, 3.63) is 28.3 Å². The molecule has 136 valence electrons. The standard InChI is InChI=1S/C17H25N5O2S/c1-12(23-2)16-20-14(24-21-16)10-22(11-15-19-7-8-25-15)13-9-17(13)3-5-18-6-4-17/h7-8,12-13,18H,3-6,9-11H2,1-2H3/t12-,13+/m1/s1. The lowest BCUT2D eigenvalue weighted by Gasteiger charge is -2.28. The Labute approximate surface area is 151 Å². The number of rotatable bonds is 7. The van der Waals surface area contributed by atoms with Crippen molar-refractivity contribution in [2.24, 2.45) is 5.41 Å². The Balaban J connectivity index is 1.49. The van der Waals surface area contributed by atoms with Crippen LogP contribution in [-0.2, 0) is 17.8 Å². The van der Waals surface area contributed by atoms with Gasteiger partial charge in [0.1, 0.15) is 11.1 Å². The van der Waals surface area contributed by atoms with E-state index in [1.165, 1.54) is 19.3 Å². The van der Waals surface area contributed by atoms with E-state index < -0.39 is 0 Å². The molecular weight excluding hydrogens is 338 g/mol. The zero-order valence-corrected chi connectivity index (χ0v) is 15.6. The summed E-state index contributed by atoms with van der Waals surface area (Å²) in [5.74, 6) is 1.27. The van der Waals surface area contributed by atoms with Gasteiger partial charge < -0.3 is 14.6 Å². The molecule has 0 unspecified atom stereocenters. The average Bonchev–Trinajstić information content (AvgIpc) is 3.03. The van der Waals surface area contributed by atoms with Crippen LogP contribution >= 0.6 is 11.3 Å². The predicted molar refractivity (Wildman–Crippen MR) is 94.0 cm³/mol. The van der Waals surface area contributed by atoms with Gasteiger partial charge in [0.05, 0.1) is 13.1 Å². The van der Waals surface area contributed by atoms with Crippen LogP contribution in [0.2, 0.25) is 0 Å². The van der Waals surface area contributed by atoms with Crippen LogP contribution in [0.5, 0.6) is 0 Å². The molecule has 0 radical (unpaired) electrons. The molecule has 0 aromatic carbocycles. The maximum Gasteiger partial charge on any atom is 0.240 e. The second-order valence-corrected chi connectivity index (χ2v) is 8.07. The summed E-state index contributed by atoms with van der Waals surface area (Å²) in [7, 11) is 1.65. The summed E-state index contributed by atoms with van der Waals surface area (Å²) >= 11 is 1.70. The Morgan fingerprint density at radius 2 is 2.28 bits per heavy atom. The van der Waals surface area contributed by atoms with Gasteiger partial charge in [-0.05, 0) is 44.7 Å². The van der Waals surface area contributed by atoms with Gasteiger partial charge in [-0.15, -0.1) is 11.3 Å². The molecule has 4 rings (SSSR count). The van der Waals surface area contributed by atoms with Crippen LogP contribution in [0.15, 0.2) is 16.1 Å². The quantitative estimate of drug-likeness (QED) is 0.809. The number of ether oxygens (including phenoxy) is 1. The van der Waals surface area contributed by atoms with Crippen LogP contribution in [0.3, 0.4) is 0 Å². The van der Waals surface area contributed by atoms with Gasteiger partial charge in [0.25, 0.3) is 0 Å². The van der Waals surface area contributed by atoms with E-state index in [9.17, 15) is 0 Å². The molecule has 0 bridgehead atoms. The Morgan fingerprint density at radius 1 is 1.44 bits per heavy atom. The molecule has 25 heavy (non-hydrogen) atoms. The fourth-order valence-corrected chi connectivity index (χ4v) is 4.50. The van der Waals surface area contributed by atoms with Gasteiger partial charge in [0, 0.05) is 24.7 Å². The minimum Gasteiger partial charge on any atom is -0.374 e. The summed E-state index contributed by atoms with van der Waals surface area (Å²) < 4.78 is 10.8. The molecule has 0 amide bonds. The molecule has 3 heterocycles. The fraction of sp³-hybridized carbons (Fsp3) is 0.706. The Bertz CT molecular complexity index is 683. The first-order valence-corrected chi connectivity index (χ1v) is 9.76. The van der Waals surface area contributed by atoms with Gasteiger partial charge in [-0.1, -0.05) is 5.16 Å². The highest BCUT2D eigenvalue weighted by molar-refractivity contribution is 7.09. The van der Waals surface area contributed by atoms with Gasteiger partial charge in [-0.25, -0.2) is 4.98 Å². The SMILES string of the molecule is CO[C@H](C)c1noc(CN(Cc2nccs2)[C@H]2CC23CCNCC3)n1. The van der Waals surface area contributed by atoms with E-state index in [2.05, 4.69) is 25.3 Å². The first-order valence-electron chi connectivity index (χ1n) is 8.88. The van der Waals surface area contributed by atoms with E-state index in [0.29, 0.717) is 29.7 Å². The van der Waals surface area contributed by atoms with Gasteiger partial charge in [0.15, 0.2) is 5.82 Å². The van der Waals surface area contributed by atoms with Crippen molar-refractivity contribution >= 4 is 11.3 Å². The summed E-state index contributed by atoms with van der Waals surface area (Å²) in [6.45, 7) is 5.68. The third-order valence-corrected chi connectivity index (χ3v) is 6.31. The largest absolute Gasteiger partial charge is 0.374 e. The summed E-state index contributed by atoms with van der Waals surface area (Å²) in [5, 5.41) is 10.7. The van der Waals surface area contributed by atoms with Gasteiger partial charge in [0.2, 0.25) is 5.89 Å². The molecule has 1 spiro atoms. The second-order valence-electron chi connectivity index (χ2n) is 7.09. The Hall–Kier alpha value is -1.35. The fourth-order valence-electron chi connectivity index (χ4n) is 3.86. The molecule has 2 aromatic rings. The second kappa shape index (κ2) is 7.11. The Kier molecular flexibility index (Phi) is 4.86. The van der Waals surface area contributed by atoms with E-state index in [-0.39, 0.29) is 6.10 Å². The molecule has 1 saturated heterocycles. The third-order valence-electron chi connectivity index (χ3n) is 5.55. The minimum absolute atomic E-state index is 0.151. The number of hydrogen-bond donors (Lipinski definition) is 1. The number of piperidine rings is 1. The molecule has 7 nitrogen and oxygen atoms in total. The third kappa shape index (κ3) is 3.62. The van der Waals surface area contributed by atoms with Crippen molar-refractivity contribution < 1.29 is 9.26 Å². The average molecular weight is 363 g/mol. The topological polar surface area (TPSA) is 76.3 Å². The number of aromatic nitrogens is 3. The number of nitrogens with zero attached hydrogens (tertiary/aromatic N) is 4. The molecule has 8 heteroatoms. The van der Waals surface area contributed by atoms with Crippen molar-refractivity contribution in [2.45, 2.75) is 51.4 Å². The highest BCUT2D eigenvalue weighted by atomic mass is 32.1. The van der Waals surface area contributed by atoms with E-state index in [1.54, 1.807) is 18.4 Å². The molecular formula is C17H25N5O2S. The molecule has 1 saturated carbocycles. The molecule has 2 fully saturated rings. The number of hydrogen-bond acceptors (Lipinski definition) is 8. The van der Waals surface area contributed by atoms with Crippen LogP contribution in [0.1, 0.15) is 49.0 Å². The van der Waals surface area contributed by atoms with Gasteiger partial charge in [-0.2, -0.15) is 4.98 Å². The summed E-state index contributed by atoms with van der Waals surface area (Å²) in [6.07, 6.45) is 5.48. The van der Waals surface area contributed by atoms with Crippen LogP contribution < -0.4 is 5.32 Å². The monoisotopic (exact) mass is 363 g/mol. The highest BCUT2D eigenvalue weighted by Crippen LogP contribution is 2.56. The molecule has 1 aliphatic carbocycles. The smallest absolute Gasteiger partial charge is 0.240 e. The van der Waals surface area contributed by atoms with Crippen LogP contribution in [0.4, 0.5) is 0 Å². The highest BCUT2D eigenvalue weighted by Gasteiger charge is 2.56. The van der Waals surface area contributed by atoms with Crippen LogP contribution in [0.25, 0.3) is 0 Å². The zero-order valence-electron chi connectivity index (χ0n) is 14.8. The number of methoxy groups -OCH3 is 1. The zero-order chi connectivity index (χ0) is 17.3. The van der Waals surface area contributed by atoms with E-state index in [1.807, 2.05) is 18.5 Å². The van der Waals surface area contributed by atoms with E-state index in [0.717, 1.165) is 24.6 Å². The molecule has 1 aliphatic heterocycles. The number of thiazole rings is 1. The van der Waals surface area contributed by atoms with Crippen molar-refractivity contribution in [1.29, 1.82) is 0 Å². The Morgan fingerprint density at radius 3 is 3.00 bits per heavy atom. The normalized spacial score (nSPS) is 23.2. The van der Waals surface area contributed by atoms with Gasteiger partial charge >= 0.3 is 0 Å². The molecule has 2 atom stereocenters. The van der Waals surface area contributed by atoms with Crippen LogP contribution in [-0.4, -0.2) is 46.3 Å². The lowest BCUT2D eigenvalue weighted by atomic mass is 9.93. The van der Waals surface area contributed by atoms with E-state index in [4.69, 9.17) is 9.26 Å². The van der Waals surface area contributed by atoms with Gasteiger partial charge in [-0.3, -0.25) is 4.90 Å². The van der Waals surface area contributed by atoms with Crippen molar-refractivity contribution in [1.82, 2.24) is 25.3 Å². The maximum absolute atomic E-state index is 5.48. The molecule has 1 N–H and O–H groups in total. The van der Waals surface area contributed by atoms with Crippen LogP contribution in [0, 0.1) is 5.41 Å². The summed E-state index contributed by atoms with van der Waals surface area (Å²) in [6, 6.07) is 0.577. The summed E-state index contributed by atoms with van der Waals surface area (Å²) in [4.78, 5) is 11.5. The lowest BCUT2D eigenvalue weighted by Crippen LogP contribution is -2.35. The van der Waals surface area contributed by atoms with Crippen molar-refractivity contribution in [2.75, 3.05) is 20.2 Å². The molecule has 2 aliphatic rings. The number of nitrogens with one attached hydrogen (secondary N) is 1. The van der Waals surface area contributed by atoms with E-state index >= 15 is 0 Å². The summed E-state index contributed by atoms with van der Waals surface area (Å²) in [5.41, 5.74) is 0.463. The predicted octanol–water partition coefficient (Wildman–Crippen LogP) is 2.38. The first-order chi connectivity index (χ1) is 12.2. The van der Waals surface area contributed by atoms with Crippen molar-refractivity contribution in [3.8, 4) is 0 Å². The lowest BCUT2D eigenvalue weighted by molar-refractivity contribution is 0.109.